The lowest BCUT2D eigenvalue weighted by atomic mass is 9.68. The molecule has 1 aromatic heterocycles. The maximum atomic E-state index is 14.4. The Balaban J connectivity index is 1.40. The maximum absolute atomic E-state index is 14.4. The molecule has 2 aliphatic heterocycles. The van der Waals surface area contributed by atoms with Gasteiger partial charge >= 0.3 is 0 Å². The molecule has 1 saturated heterocycles. The fraction of sp³-hybridized carbons (Fsp3) is 0.241. The average Bonchev–Trinajstić information content (AvgIpc) is 3.55. The van der Waals surface area contributed by atoms with E-state index in [0.717, 1.165) is 5.69 Å². The summed E-state index contributed by atoms with van der Waals surface area (Å²) < 4.78 is 39.5. The van der Waals surface area contributed by atoms with E-state index in [-0.39, 0.29) is 18.4 Å². The van der Waals surface area contributed by atoms with Gasteiger partial charge in [0.05, 0.1) is 38.6 Å². The van der Waals surface area contributed by atoms with Crippen LogP contribution in [0.4, 0.5) is 14.5 Å². The fourth-order valence-corrected chi connectivity index (χ4v) is 6.54. The fourth-order valence-electron chi connectivity index (χ4n) is 6.54. The first-order valence-electron chi connectivity index (χ1n) is 12.3. The number of rotatable bonds is 4. The van der Waals surface area contributed by atoms with E-state index in [1.807, 2.05) is 0 Å². The van der Waals surface area contributed by atoms with E-state index in [1.54, 1.807) is 37.4 Å². The quantitative estimate of drug-likeness (QED) is 0.374. The van der Waals surface area contributed by atoms with Gasteiger partial charge in [0.25, 0.3) is 0 Å². The van der Waals surface area contributed by atoms with E-state index >= 15 is 0 Å². The molecule has 3 heterocycles. The maximum Gasteiger partial charge on any atom is 0.237 e. The lowest BCUT2D eigenvalue weighted by molar-refractivity contribution is -0.140. The topological polar surface area (TPSA) is 83.7 Å². The third kappa shape index (κ3) is 3.04. The van der Waals surface area contributed by atoms with Gasteiger partial charge in [0.2, 0.25) is 11.8 Å². The number of halogens is 2. The monoisotopic (exact) mass is 515 g/mol. The first-order valence-corrected chi connectivity index (χ1v) is 12.3. The zero-order valence-corrected chi connectivity index (χ0v) is 20.5. The second-order valence-corrected chi connectivity index (χ2v) is 9.97. The van der Waals surface area contributed by atoms with Gasteiger partial charge < -0.3 is 19.8 Å². The number of amides is 2. The van der Waals surface area contributed by atoms with Gasteiger partial charge in [-0.3, -0.25) is 14.5 Å². The Morgan fingerprint density at radius 2 is 1.68 bits per heavy atom. The standard InChI is InChI=1S/C29H23F2N3O4/c1-37-16-6-3-13(21(11-16)38-2)12-34-28(35)24-22-17-9-14(30)4-7-19(17)32-26(22)27-23(25(24)29(34)36)18-10-15(31)5-8-20(18)33-27/h3-11,22,24-26,32-33H,12H2,1-2H3. The highest BCUT2D eigenvalue weighted by Gasteiger charge is 2.60. The lowest BCUT2D eigenvalue weighted by Gasteiger charge is -2.33. The minimum Gasteiger partial charge on any atom is -0.497 e. The summed E-state index contributed by atoms with van der Waals surface area (Å²) in [7, 11) is 3.06. The van der Waals surface area contributed by atoms with Crippen LogP contribution in [0, 0.1) is 17.6 Å². The van der Waals surface area contributed by atoms with E-state index < -0.39 is 35.4 Å². The van der Waals surface area contributed by atoms with Crippen LogP contribution in [0.2, 0.25) is 0 Å². The predicted octanol–water partition coefficient (Wildman–Crippen LogP) is 5.00. The average molecular weight is 516 g/mol. The number of nitrogens with zero attached hydrogens (tertiary/aromatic N) is 1. The molecule has 2 N–H and O–H groups in total. The number of carbonyl (C=O) groups excluding carboxylic acids is 2. The number of H-pyrrole nitrogens is 1. The van der Waals surface area contributed by atoms with Crippen LogP contribution < -0.4 is 14.8 Å². The number of ether oxygens (including phenoxy) is 2. The molecule has 38 heavy (non-hydrogen) atoms. The van der Waals surface area contributed by atoms with Crippen molar-refractivity contribution in [1.82, 2.24) is 9.88 Å². The number of hydrogen-bond donors (Lipinski definition) is 2. The zero-order valence-electron chi connectivity index (χ0n) is 20.5. The van der Waals surface area contributed by atoms with Crippen molar-refractivity contribution in [2.75, 3.05) is 19.5 Å². The van der Waals surface area contributed by atoms with Crippen LogP contribution in [0.3, 0.4) is 0 Å². The first kappa shape index (κ1) is 22.8. The van der Waals surface area contributed by atoms with Gasteiger partial charge in [0, 0.05) is 39.8 Å². The summed E-state index contributed by atoms with van der Waals surface area (Å²) in [6.07, 6.45) is 0. The molecule has 0 spiro atoms. The van der Waals surface area contributed by atoms with Crippen molar-refractivity contribution >= 4 is 28.4 Å². The second-order valence-electron chi connectivity index (χ2n) is 9.97. The Kier molecular flexibility index (Phi) is 4.82. The molecule has 0 bridgehead atoms. The molecule has 0 saturated carbocycles. The van der Waals surface area contributed by atoms with Crippen LogP contribution in [0.15, 0.2) is 54.6 Å². The van der Waals surface area contributed by atoms with Crippen molar-refractivity contribution in [3.8, 4) is 11.5 Å². The number of carbonyl (C=O) groups is 2. The predicted molar refractivity (Wildman–Crippen MR) is 135 cm³/mol. The van der Waals surface area contributed by atoms with Crippen molar-refractivity contribution in [1.29, 1.82) is 0 Å². The van der Waals surface area contributed by atoms with Crippen LogP contribution in [0.25, 0.3) is 10.9 Å². The molecular formula is C29H23F2N3O4. The van der Waals surface area contributed by atoms with Crippen molar-refractivity contribution in [3.05, 3.63) is 88.6 Å². The summed E-state index contributed by atoms with van der Waals surface area (Å²) in [5.41, 5.74) is 4.04. The zero-order chi connectivity index (χ0) is 26.3. The number of imide groups is 1. The van der Waals surface area contributed by atoms with Crippen molar-refractivity contribution in [2.45, 2.75) is 24.4 Å². The molecule has 0 radical (unpaired) electrons. The molecule has 2 amide bonds. The number of aromatic amines is 1. The second kappa shape index (κ2) is 8.05. The SMILES string of the molecule is COc1ccc(CN2C(=O)C3c4c([nH]c5ccc(F)cc45)C4Nc5ccc(F)cc5C4C3C2=O)c(OC)c1. The van der Waals surface area contributed by atoms with E-state index in [4.69, 9.17) is 9.47 Å². The molecule has 4 atom stereocenters. The van der Waals surface area contributed by atoms with E-state index in [0.29, 0.717) is 44.8 Å². The van der Waals surface area contributed by atoms with Gasteiger partial charge in [-0.1, -0.05) is 0 Å². The highest BCUT2D eigenvalue weighted by molar-refractivity contribution is 6.11. The molecule has 9 heteroatoms. The first-order chi connectivity index (χ1) is 18.4. The molecule has 4 unspecified atom stereocenters. The van der Waals surface area contributed by atoms with Crippen molar-refractivity contribution in [2.24, 2.45) is 5.92 Å². The minimum absolute atomic E-state index is 0.00467. The summed E-state index contributed by atoms with van der Waals surface area (Å²) in [6, 6.07) is 13.7. The molecule has 192 valence electrons. The van der Waals surface area contributed by atoms with Gasteiger partial charge in [0.15, 0.2) is 0 Å². The Labute approximate surface area is 216 Å². The van der Waals surface area contributed by atoms with Gasteiger partial charge in [-0.15, -0.1) is 0 Å². The molecule has 1 fully saturated rings. The highest BCUT2D eigenvalue weighted by Crippen LogP contribution is 2.60. The number of methoxy groups -OCH3 is 2. The number of benzene rings is 3. The number of hydrogen-bond acceptors (Lipinski definition) is 5. The molecule has 7 rings (SSSR count). The van der Waals surface area contributed by atoms with Gasteiger partial charge in [0.1, 0.15) is 23.1 Å². The van der Waals surface area contributed by atoms with Crippen LogP contribution >= 0.6 is 0 Å². The normalized spacial score (nSPS) is 23.1. The molecule has 1 aliphatic carbocycles. The molecule has 3 aromatic carbocycles. The smallest absolute Gasteiger partial charge is 0.237 e. The number of likely N-dealkylation sites (tertiary alicyclic amines) is 1. The summed E-state index contributed by atoms with van der Waals surface area (Å²) in [4.78, 5) is 32.8. The molecule has 3 aliphatic rings. The minimum atomic E-state index is -0.838. The van der Waals surface area contributed by atoms with Crippen molar-refractivity contribution < 1.29 is 27.8 Å². The Morgan fingerprint density at radius 1 is 0.895 bits per heavy atom. The number of aromatic nitrogens is 1. The summed E-state index contributed by atoms with van der Waals surface area (Å²) in [6.45, 7) is 0.00467. The third-order valence-electron chi connectivity index (χ3n) is 8.15. The van der Waals surface area contributed by atoms with Crippen LogP contribution in [0.1, 0.15) is 40.3 Å². The molecule has 7 nitrogen and oxygen atoms in total. The molecule has 4 aromatic rings. The number of anilines is 1. The number of nitrogens with one attached hydrogen (secondary N) is 2. The Morgan fingerprint density at radius 3 is 2.47 bits per heavy atom. The largest absolute Gasteiger partial charge is 0.497 e. The molecular weight excluding hydrogens is 492 g/mol. The highest BCUT2D eigenvalue weighted by atomic mass is 19.1. The summed E-state index contributed by atoms with van der Waals surface area (Å²) in [5.74, 6) is -2.57. The van der Waals surface area contributed by atoms with E-state index in [9.17, 15) is 18.4 Å². The summed E-state index contributed by atoms with van der Waals surface area (Å²) >= 11 is 0. The van der Waals surface area contributed by atoms with Crippen LogP contribution in [-0.4, -0.2) is 35.9 Å². The van der Waals surface area contributed by atoms with Crippen LogP contribution in [0.5, 0.6) is 11.5 Å². The Hall–Kier alpha value is -4.40. The summed E-state index contributed by atoms with van der Waals surface area (Å²) in [5, 5.41) is 4.00. The van der Waals surface area contributed by atoms with Crippen LogP contribution in [-0.2, 0) is 16.1 Å². The Bertz CT molecular complexity index is 1670. The third-order valence-corrected chi connectivity index (χ3v) is 8.15. The van der Waals surface area contributed by atoms with Gasteiger partial charge in [-0.25, -0.2) is 8.78 Å². The van der Waals surface area contributed by atoms with Crippen molar-refractivity contribution in [3.63, 3.8) is 0 Å². The van der Waals surface area contributed by atoms with Gasteiger partial charge in [-0.2, -0.15) is 0 Å². The lowest BCUT2D eigenvalue weighted by Crippen LogP contribution is -2.34. The van der Waals surface area contributed by atoms with E-state index in [2.05, 4.69) is 10.3 Å². The van der Waals surface area contributed by atoms with E-state index in [1.165, 1.54) is 36.3 Å². The van der Waals surface area contributed by atoms with Gasteiger partial charge in [-0.05, 0) is 59.7 Å². The number of fused-ring (bicyclic) bond motifs is 10.